The zero-order valence-electron chi connectivity index (χ0n) is 11.3. The number of benzene rings is 2. The first-order valence-corrected chi connectivity index (χ1v) is 7.01. The fraction of sp³-hybridized carbons (Fsp3) is 0.412. The summed E-state index contributed by atoms with van der Waals surface area (Å²) in [6, 6.07) is 14.8. The van der Waals surface area contributed by atoms with Gasteiger partial charge in [-0.15, -0.1) is 0 Å². The Balaban J connectivity index is 1.77. The lowest BCUT2D eigenvalue weighted by Crippen LogP contribution is -2.28. The topological polar surface area (TPSA) is 29.5 Å². The van der Waals surface area contributed by atoms with E-state index < -0.39 is 0 Å². The molecule has 3 unspecified atom stereocenters. The van der Waals surface area contributed by atoms with Crippen LogP contribution in [0.2, 0.25) is 0 Å². The van der Waals surface area contributed by atoms with Crippen LogP contribution in [0, 0.1) is 5.92 Å². The molecule has 0 bridgehead atoms. The molecule has 3 atom stereocenters. The van der Waals surface area contributed by atoms with Crippen LogP contribution in [-0.2, 0) is 11.2 Å². The van der Waals surface area contributed by atoms with Gasteiger partial charge in [0.15, 0.2) is 0 Å². The number of ether oxygens (including phenoxy) is 1. The van der Waals surface area contributed by atoms with Crippen molar-refractivity contribution in [2.24, 2.45) is 5.92 Å². The summed E-state index contributed by atoms with van der Waals surface area (Å²) in [5, 5.41) is 12.9. The van der Waals surface area contributed by atoms with E-state index in [1.54, 1.807) is 0 Å². The third-order valence-corrected chi connectivity index (χ3v) is 4.19. The van der Waals surface area contributed by atoms with Gasteiger partial charge in [0.2, 0.25) is 0 Å². The molecule has 1 saturated heterocycles. The van der Waals surface area contributed by atoms with Gasteiger partial charge in [-0.05, 0) is 36.1 Å². The van der Waals surface area contributed by atoms with Gasteiger partial charge in [-0.3, -0.25) is 0 Å². The van der Waals surface area contributed by atoms with Gasteiger partial charge in [-0.2, -0.15) is 0 Å². The standard InChI is InChI=1S/C17H20O2/c1-12-16(8-9-19-12)17(18)11-13-6-7-14-4-2-3-5-15(14)10-13/h2-7,10,12,16-18H,8-9,11H2,1H3. The Morgan fingerprint density at radius 3 is 2.74 bits per heavy atom. The molecular weight excluding hydrogens is 236 g/mol. The summed E-state index contributed by atoms with van der Waals surface area (Å²) in [7, 11) is 0. The van der Waals surface area contributed by atoms with Gasteiger partial charge in [-0.1, -0.05) is 42.5 Å². The van der Waals surface area contributed by atoms with Crippen LogP contribution in [-0.4, -0.2) is 23.9 Å². The average Bonchev–Trinajstić information content (AvgIpc) is 2.85. The van der Waals surface area contributed by atoms with Crippen molar-refractivity contribution in [3.05, 3.63) is 48.0 Å². The molecule has 19 heavy (non-hydrogen) atoms. The van der Waals surface area contributed by atoms with Gasteiger partial charge in [0.1, 0.15) is 0 Å². The minimum atomic E-state index is -0.307. The van der Waals surface area contributed by atoms with Crippen LogP contribution in [0.15, 0.2) is 42.5 Å². The predicted octanol–water partition coefficient (Wildman–Crippen LogP) is 3.17. The smallest absolute Gasteiger partial charge is 0.0634 e. The summed E-state index contributed by atoms with van der Waals surface area (Å²) in [6.45, 7) is 2.84. The van der Waals surface area contributed by atoms with E-state index in [1.807, 2.05) is 0 Å². The first-order chi connectivity index (χ1) is 9.24. The summed E-state index contributed by atoms with van der Waals surface area (Å²) in [5.41, 5.74) is 1.20. The molecule has 0 amide bonds. The molecule has 1 fully saturated rings. The second kappa shape index (κ2) is 5.32. The molecule has 2 aromatic rings. The normalized spacial score (nSPS) is 24.7. The summed E-state index contributed by atoms with van der Waals surface area (Å²) in [6.07, 6.45) is 1.55. The van der Waals surface area contributed by atoms with Crippen molar-refractivity contribution in [3.63, 3.8) is 0 Å². The molecule has 0 aliphatic carbocycles. The van der Waals surface area contributed by atoms with Gasteiger partial charge >= 0.3 is 0 Å². The highest BCUT2D eigenvalue weighted by Gasteiger charge is 2.30. The van der Waals surface area contributed by atoms with Crippen molar-refractivity contribution in [1.82, 2.24) is 0 Å². The Kier molecular flexibility index (Phi) is 3.54. The number of hydrogen-bond acceptors (Lipinski definition) is 2. The molecule has 0 spiro atoms. The number of aliphatic hydroxyl groups excluding tert-OH is 1. The second-order valence-electron chi connectivity index (χ2n) is 5.48. The quantitative estimate of drug-likeness (QED) is 0.914. The van der Waals surface area contributed by atoms with Crippen LogP contribution < -0.4 is 0 Å². The first kappa shape index (κ1) is 12.6. The van der Waals surface area contributed by atoms with E-state index >= 15 is 0 Å². The van der Waals surface area contributed by atoms with Crippen LogP contribution in [0.4, 0.5) is 0 Å². The minimum absolute atomic E-state index is 0.176. The maximum absolute atomic E-state index is 10.4. The highest BCUT2D eigenvalue weighted by atomic mass is 16.5. The van der Waals surface area contributed by atoms with E-state index in [9.17, 15) is 5.11 Å². The maximum Gasteiger partial charge on any atom is 0.0634 e. The second-order valence-corrected chi connectivity index (χ2v) is 5.48. The van der Waals surface area contributed by atoms with Crippen molar-refractivity contribution >= 4 is 10.8 Å². The molecule has 1 aliphatic rings. The van der Waals surface area contributed by atoms with Crippen LogP contribution in [0.3, 0.4) is 0 Å². The summed E-state index contributed by atoms with van der Waals surface area (Å²) < 4.78 is 5.53. The van der Waals surface area contributed by atoms with E-state index in [1.165, 1.54) is 16.3 Å². The van der Waals surface area contributed by atoms with Gasteiger partial charge in [-0.25, -0.2) is 0 Å². The SMILES string of the molecule is CC1OCCC1C(O)Cc1ccc2ccccc2c1. The number of hydrogen-bond donors (Lipinski definition) is 1. The lowest BCUT2D eigenvalue weighted by atomic mass is 9.91. The molecule has 2 aromatic carbocycles. The highest BCUT2D eigenvalue weighted by molar-refractivity contribution is 5.82. The molecule has 1 aliphatic heterocycles. The fourth-order valence-electron chi connectivity index (χ4n) is 3.01. The van der Waals surface area contributed by atoms with Crippen molar-refractivity contribution in [2.45, 2.75) is 32.0 Å². The number of rotatable bonds is 3. The van der Waals surface area contributed by atoms with Crippen LogP contribution in [0.5, 0.6) is 0 Å². The zero-order valence-corrected chi connectivity index (χ0v) is 11.3. The Hall–Kier alpha value is -1.38. The third kappa shape index (κ3) is 2.65. The van der Waals surface area contributed by atoms with Gasteiger partial charge in [0.25, 0.3) is 0 Å². The summed E-state index contributed by atoms with van der Waals surface area (Å²) >= 11 is 0. The summed E-state index contributed by atoms with van der Waals surface area (Å²) in [4.78, 5) is 0. The lowest BCUT2D eigenvalue weighted by molar-refractivity contribution is 0.0441. The molecule has 0 radical (unpaired) electrons. The highest BCUT2D eigenvalue weighted by Crippen LogP contribution is 2.26. The van der Waals surface area contributed by atoms with E-state index in [4.69, 9.17) is 4.74 Å². The molecule has 2 heteroatoms. The maximum atomic E-state index is 10.4. The van der Waals surface area contributed by atoms with E-state index in [-0.39, 0.29) is 18.1 Å². The Morgan fingerprint density at radius 2 is 2.00 bits per heavy atom. The van der Waals surface area contributed by atoms with Crippen molar-refractivity contribution in [3.8, 4) is 0 Å². The molecule has 0 aromatic heterocycles. The van der Waals surface area contributed by atoms with Crippen LogP contribution >= 0.6 is 0 Å². The van der Waals surface area contributed by atoms with E-state index in [0.717, 1.165) is 13.0 Å². The Labute approximate surface area is 114 Å². The molecular formula is C17H20O2. The van der Waals surface area contributed by atoms with Crippen molar-refractivity contribution in [2.75, 3.05) is 6.61 Å². The largest absolute Gasteiger partial charge is 0.392 e. The zero-order chi connectivity index (χ0) is 13.2. The molecule has 2 nitrogen and oxygen atoms in total. The van der Waals surface area contributed by atoms with Gasteiger partial charge in [0.05, 0.1) is 12.2 Å². The van der Waals surface area contributed by atoms with Gasteiger partial charge < -0.3 is 9.84 Å². The number of aliphatic hydroxyl groups is 1. The minimum Gasteiger partial charge on any atom is -0.392 e. The van der Waals surface area contributed by atoms with E-state index in [2.05, 4.69) is 49.4 Å². The lowest BCUT2D eigenvalue weighted by Gasteiger charge is -2.21. The van der Waals surface area contributed by atoms with Crippen molar-refractivity contribution in [1.29, 1.82) is 0 Å². The van der Waals surface area contributed by atoms with Crippen molar-refractivity contribution < 1.29 is 9.84 Å². The Bertz CT molecular complexity index is 564. The number of fused-ring (bicyclic) bond motifs is 1. The first-order valence-electron chi connectivity index (χ1n) is 7.01. The molecule has 1 N–H and O–H groups in total. The van der Waals surface area contributed by atoms with Crippen LogP contribution in [0.25, 0.3) is 10.8 Å². The average molecular weight is 256 g/mol. The molecule has 1 heterocycles. The predicted molar refractivity (Wildman–Crippen MR) is 77.2 cm³/mol. The Morgan fingerprint density at radius 1 is 1.21 bits per heavy atom. The van der Waals surface area contributed by atoms with Crippen LogP contribution in [0.1, 0.15) is 18.9 Å². The third-order valence-electron chi connectivity index (χ3n) is 4.19. The van der Waals surface area contributed by atoms with E-state index in [0.29, 0.717) is 6.42 Å². The fourth-order valence-corrected chi connectivity index (χ4v) is 3.01. The summed E-state index contributed by atoms with van der Waals surface area (Å²) in [5.74, 6) is 0.270. The molecule has 0 saturated carbocycles. The monoisotopic (exact) mass is 256 g/mol. The molecule has 100 valence electrons. The molecule has 3 rings (SSSR count). The van der Waals surface area contributed by atoms with Gasteiger partial charge in [0, 0.05) is 12.5 Å².